The molecule has 3 aliphatic rings. The van der Waals surface area contributed by atoms with Gasteiger partial charge in [0.1, 0.15) is 0 Å². The van der Waals surface area contributed by atoms with Gasteiger partial charge in [-0.05, 0) is 42.9 Å². The van der Waals surface area contributed by atoms with E-state index in [2.05, 4.69) is 5.32 Å². The minimum absolute atomic E-state index is 0.182. The third-order valence-corrected chi connectivity index (χ3v) is 6.90. The zero-order valence-corrected chi connectivity index (χ0v) is 14.5. The van der Waals surface area contributed by atoms with Gasteiger partial charge in [-0.2, -0.15) is 0 Å². The van der Waals surface area contributed by atoms with E-state index >= 15 is 0 Å². The van der Waals surface area contributed by atoms with Crippen LogP contribution in [0.15, 0.2) is 0 Å². The smallest absolute Gasteiger partial charge is 0.217 e. The van der Waals surface area contributed by atoms with Gasteiger partial charge in [0.25, 0.3) is 0 Å². The first-order chi connectivity index (χ1) is 10.7. The molecule has 3 atom stereocenters. The van der Waals surface area contributed by atoms with Crippen molar-refractivity contribution in [1.29, 1.82) is 0 Å². The van der Waals surface area contributed by atoms with Gasteiger partial charge < -0.3 is 5.32 Å². The minimum Gasteiger partial charge on any atom is -0.353 e. The van der Waals surface area contributed by atoms with Crippen molar-refractivity contribution in [3.05, 3.63) is 0 Å². The highest BCUT2D eigenvalue weighted by Crippen LogP contribution is 2.45. The van der Waals surface area contributed by atoms with Gasteiger partial charge in [-0.1, -0.05) is 64.2 Å². The van der Waals surface area contributed by atoms with Crippen LogP contribution in [-0.2, 0) is 4.79 Å². The van der Waals surface area contributed by atoms with Crippen molar-refractivity contribution in [2.24, 2.45) is 23.7 Å². The van der Waals surface area contributed by atoms with Crippen LogP contribution in [0.3, 0.4) is 0 Å². The minimum atomic E-state index is 0.182. The highest BCUT2D eigenvalue weighted by atomic mass is 16.1. The summed E-state index contributed by atoms with van der Waals surface area (Å²) >= 11 is 0. The maximum atomic E-state index is 11.6. The highest BCUT2D eigenvalue weighted by Gasteiger charge is 2.38. The molecule has 0 unspecified atom stereocenters. The molecule has 3 fully saturated rings. The third kappa shape index (κ3) is 4.06. The number of rotatable bonds is 3. The monoisotopic (exact) mass is 305 g/mol. The van der Waals surface area contributed by atoms with Crippen molar-refractivity contribution < 1.29 is 4.79 Å². The second-order valence-electron chi connectivity index (χ2n) is 8.34. The molecule has 0 aliphatic heterocycles. The Kier molecular flexibility index (Phi) is 5.82. The van der Waals surface area contributed by atoms with Gasteiger partial charge in [0.05, 0.1) is 0 Å². The molecule has 0 heterocycles. The molecule has 0 saturated heterocycles. The Balaban J connectivity index is 1.65. The number of hydrogen-bond acceptors (Lipinski definition) is 1. The Labute approximate surface area is 136 Å². The van der Waals surface area contributed by atoms with Gasteiger partial charge in [0.2, 0.25) is 5.91 Å². The lowest BCUT2D eigenvalue weighted by atomic mass is 9.63. The summed E-state index contributed by atoms with van der Waals surface area (Å²) in [5.41, 5.74) is 0. The fourth-order valence-electron chi connectivity index (χ4n) is 5.80. The van der Waals surface area contributed by atoms with Crippen molar-refractivity contribution in [3.8, 4) is 0 Å². The normalized spacial score (nSPS) is 35.2. The lowest BCUT2D eigenvalue weighted by Gasteiger charge is -2.45. The Hall–Kier alpha value is -0.530. The van der Waals surface area contributed by atoms with E-state index in [1.807, 2.05) is 0 Å². The van der Waals surface area contributed by atoms with E-state index in [4.69, 9.17) is 0 Å². The summed E-state index contributed by atoms with van der Waals surface area (Å²) in [7, 11) is 0. The third-order valence-electron chi connectivity index (χ3n) is 6.90. The van der Waals surface area contributed by atoms with Gasteiger partial charge in [0.15, 0.2) is 0 Å². The fraction of sp³-hybridized carbons (Fsp3) is 0.950. The highest BCUT2D eigenvalue weighted by molar-refractivity contribution is 5.73. The summed E-state index contributed by atoms with van der Waals surface area (Å²) in [6, 6.07) is 0.473. The van der Waals surface area contributed by atoms with Gasteiger partial charge in [-0.3, -0.25) is 4.79 Å². The molecule has 22 heavy (non-hydrogen) atoms. The van der Waals surface area contributed by atoms with E-state index in [1.54, 1.807) is 6.92 Å². The molecule has 3 aliphatic carbocycles. The standard InChI is InChI=1S/C20H35NO/c1-15(22)21-20-13-12-18(16-8-4-2-5-9-16)14-19(20)17-10-6-3-7-11-17/h16-20H,2-14H2,1H3,(H,21,22)/t18-,19-,20+/m1/s1. The predicted molar refractivity (Wildman–Crippen MR) is 91.6 cm³/mol. The average Bonchev–Trinajstić information content (AvgIpc) is 2.56. The fourth-order valence-corrected chi connectivity index (χ4v) is 5.80. The summed E-state index contributed by atoms with van der Waals surface area (Å²) in [5, 5.41) is 3.31. The zero-order chi connectivity index (χ0) is 15.4. The maximum absolute atomic E-state index is 11.6. The van der Waals surface area contributed by atoms with Crippen LogP contribution >= 0.6 is 0 Å². The van der Waals surface area contributed by atoms with Crippen LogP contribution in [0.2, 0.25) is 0 Å². The molecule has 1 N–H and O–H groups in total. The number of carbonyl (C=O) groups excluding carboxylic acids is 1. The number of hydrogen-bond donors (Lipinski definition) is 1. The Morgan fingerprint density at radius 3 is 1.91 bits per heavy atom. The van der Waals surface area contributed by atoms with Gasteiger partial charge in [0, 0.05) is 13.0 Å². The van der Waals surface area contributed by atoms with Crippen molar-refractivity contribution in [1.82, 2.24) is 5.32 Å². The van der Waals surface area contributed by atoms with Gasteiger partial charge >= 0.3 is 0 Å². The molecule has 0 aromatic carbocycles. The molecule has 3 saturated carbocycles. The quantitative estimate of drug-likeness (QED) is 0.775. The van der Waals surface area contributed by atoms with E-state index in [9.17, 15) is 4.79 Å². The first kappa shape index (κ1) is 16.3. The molecule has 0 aromatic heterocycles. The van der Waals surface area contributed by atoms with Crippen LogP contribution in [0, 0.1) is 23.7 Å². The van der Waals surface area contributed by atoms with E-state index in [0.717, 1.165) is 23.7 Å². The van der Waals surface area contributed by atoms with Gasteiger partial charge in [-0.25, -0.2) is 0 Å². The zero-order valence-electron chi connectivity index (χ0n) is 14.5. The first-order valence-corrected chi connectivity index (χ1v) is 10.0. The second kappa shape index (κ2) is 7.84. The largest absolute Gasteiger partial charge is 0.353 e. The molecule has 1 amide bonds. The molecule has 126 valence electrons. The van der Waals surface area contributed by atoms with Crippen molar-refractivity contribution in [2.45, 2.75) is 96.4 Å². The average molecular weight is 306 g/mol. The first-order valence-electron chi connectivity index (χ1n) is 10.0. The van der Waals surface area contributed by atoms with E-state index < -0.39 is 0 Å². The number of carbonyl (C=O) groups is 1. The van der Waals surface area contributed by atoms with E-state index in [-0.39, 0.29) is 5.91 Å². The number of nitrogens with one attached hydrogen (secondary N) is 1. The van der Waals surface area contributed by atoms with Gasteiger partial charge in [-0.15, -0.1) is 0 Å². The van der Waals surface area contributed by atoms with Crippen molar-refractivity contribution >= 4 is 5.91 Å². The van der Waals surface area contributed by atoms with Crippen LogP contribution in [0.5, 0.6) is 0 Å². The summed E-state index contributed by atoms with van der Waals surface area (Å²) < 4.78 is 0. The predicted octanol–water partition coefficient (Wildman–Crippen LogP) is 5.07. The lowest BCUT2D eigenvalue weighted by molar-refractivity contribution is -0.120. The van der Waals surface area contributed by atoms with E-state index in [1.165, 1.54) is 83.5 Å². The van der Waals surface area contributed by atoms with Crippen LogP contribution in [0.25, 0.3) is 0 Å². The second-order valence-corrected chi connectivity index (χ2v) is 8.34. The topological polar surface area (TPSA) is 29.1 Å². The Morgan fingerprint density at radius 1 is 0.727 bits per heavy atom. The summed E-state index contributed by atoms with van der Waals surface area (Å²) in [5.74, 6) is 3.79. The number of amides is 1. The van der Waals surface area contributed by atoms with Crippen molar-refractivity contribution in [3.63, 3.8) is 0 Å². The summed E-state index contributed by atoms with van der Waals surface area (Å²) in [6.45, 7) is 1.70. The molecule has 2 nitrogen and oxygen atoms in total. The summed E-state index contributed by atoms with van der Waals surface area (Å²) in [6.07, 6.45) is 18.4. The lowest BCUT2D eigenvalue weighted by Crippen LogP contribution is -2.47. The van der Waals surface area contributed by atoms with E-state index in [0.29, 0.717) is 6.04 Å². The maximum Gasteiger partial charge on any atom is 0.217 e. The van der Waals surface area contributed by atoms with Crippen LogP contribution < -0.4 is 5.32 Å². The van der Waals surface area contributed by atoms with Crippen LogP contribution in [0.4, 0.5) is 0 Å². The molecule has 2 heteroatoms. The Morgan fingerprint density at radius 2 is 1.32 bits per heavy atom. The molecule has 0 bridgehead atoms. The van der Waals surface area contributed by atoms with Crippen LogP contribution in [0.1, 0.15) is 90.4 Å². The van der Waals surface area contributed by atoms with Crippen molar-refractivity contribution in [2.75, 3.05) is 0 Å². The molecule has 3 rings (SSSR count). The molecular formula is C20H35NO. The molecule has 0 aromatic rings. The Bertz CT molecular complexity index is 355. The SMILES string of the molecule is CC(=O)N[C@H]1CC[C@@H](C2CCCCC2)C[C@@H]1C1CCCCC1. The molecule has 0 radical (unpaired) electrons. The molecule has 0 spiro atoms. The summed E-state index contributed by atoms with van der Waals surface area (Å²) in [4.78, 5) is 11.6. The molecular weight excluding hydrogens is 270 g/mol. The van der Waals surface area contributed by atoms with Crippen LogP contribution in [-0.4, -0.2) is 11.9 Å².